The van der Waals surface area contributed by atoms with Crippen molar-refractivity contribution in [1.82, 2.24) is 10.6 Å². The highest BCUT2D eigenvalue weighted by Gasteiger charge is 2.19. The summed E-state index contributed by atoms with van der Waals surface area (Å²) >= 11 is 3.46. The fourth-order valence-electron chi connectivity index (χ4n) is 2.04. The number of ether oxygens (including phenoxy) is 1. The van der Waals surface area contributed by atoms with Crippen LogP contribution in [0.15, 0.2) is 22.7 Å². The second kappa shape index (κ2) is 6.20. The number of hydrogen-bond donors (Lipinski definition) is 2. The van der Waals surface area contributed by atoms with Crippen LogP contribution in [-0.4, -0.2) is 25.6 Å². The molecule has 1 amide bonds. The van der Waals surface area contributed by atoms with Crippen molar-refractivity contribution < 1.29 is 9.53 Å². The molecule has 0 aliphatic carbocycles. The normalized spacial score (nSPS) is 18.8. The third-order valence-electron chi connectivity index (χ3n) is 3.02. The average molecular weight is 313 g/mol. The molecule has 0 spiro atoms. The van der Waals surface area contributed by atoms with Gasteiger partial charge in [0.2, 0.25) is 5.91 Å². The molecule has 0 bridgehead atoms. The summed E-state index contributed by atoms with van der Waals surface area (Å²) in [5.41, 5.74) is 1.19. The van der Waals surface area contributed by atoms with Crippen molar-refractivity contribution in [1.29, 1.82) is 0 Å². The molecule has 1 fully saturated rings. The fraction of sp³-hybridized carbons (Fsp3) is 0.462. The van der Waals surface area contributed by atoms with Gasteiger partial charge in [-0.2, -0.15) is 0 Å². The lowest BCUT2D eigenvalue weighted by molar-refractivity contribution is -0.119. The minimum atomic E-state index is 0.161. The first-order valence-corrected chi connectivity index (χ1v) is 6.81. The number of methoxy groups -OCH3 is 1. The van der Waals surface area contributed by atoms with E-state index in [9.17, 15) is 4.79 Å². The summed E-state index contributed by atoms with van der Waals surface area (Å²) in [5, 5.41) is 6.29. The van der Waals surface area contributed by atoms with E-state index >= 15 is 0 Å². The molecule has 1 unspecified atom stereocenters. The monoisotopic (exact) mass is 312 g/mol. The number of amides is 1. The lowest BCUT2D eigenvalue weighted by Gasteiger charge is -2.12. The van der Waals surface area contributed by atoms with Crippen LogP contribution in [0, 0.1) is 0 Å². The fourth-order valence-corrected chi connectivity index (χ4v) is 2.63. The predicted octanol–water partition coefficient (Wildman–Crippen LogP) is 1.83. The number of rotatable bonds is 5. The Hall–Kier alpha value is -1.07. The second-order valence-electron chi connectivity index (χ2n) is 4.40. The molecule has 1 atom stereocenters. The van der Waals surface area contributed by atoms with Gasteiger partial charge >= 0.3 is 0 Å². The molecule has 1 aliphatic heterocycles. The molecule has 4 nitrogen and oxygen atoms in total. The molecule has 1 aromatic rings. The van der Waals surface area contributed by atoms with E-state index in [0.717, 1.165) is 29.7 Å². The Morgan fingerprint density at radius 3 is 3.00 bits per heavy atom. The summed E-state index contributed by atoms with van der Waals surface area (Å²) in [5.74, 6) is 0.996. The Bertz CT molecular complexity index is 437. The van der Waals surface area contributed by atoms with E-state index in [-0.39, 0.29) is 11.9 Å². The third-order valence-corrected chi connectivity index (χ3v) is 3.64. The first-order valence-electron chi connectivity index (χ1n) is 6.01. The lowest BCUT2D eigenvalue weighted by atomic mass is 10.2. The Morgan fingerprint density at radius 2 is 2.39 bits per heavy atom. The number of nitrogens with one attached hydrogen (secondary N) is 2. The molecule has 0 saturated carbocycles. The van der Waals surface area contributed by atoms with E-state index in [0.29, 0.717) is 6.42 Å². The maximum atomic E-state index is 11.0. The van der Waals surface area contributed by atoms with Crippen LogP contribution in [0.2, 0.25) is 0 Å². The summed E-state index contributed by atoms with van der Waals surface area (Å²) in [6.45, 7) is 1.60. The van der Waals surface area contributed by atoms with Gasteiger partial charge in [-0.3, -0.25) is 4.79 Å². The molecule has 0 aromatic heterocycles. The van der Waals surface area contributed by atoms with Crippen LogP contribution in [0.5, 0.6) is 5.75 Å². The van der Waals surface area contributed by atoms with E-state index in [1.165, 1.54) is 5.56 Å². The largest absolute Gasteiger partial charge is 0.496 e. The zero-order chi connectivity index (χ0) is 13.0. The smallest absolute Gasteiger partial charge is 0.220 e. The van der Waals surface area contributed by atoms with E-state index in [1.807, 2.05) is 18.2 Å². The van der Waals surface area contributed by atoms with Crippen molar-refractivity contribution >= 4 is 21.8 Å². The molecule has 1 saturated heterocycles. The molecule has 2 rings (SSSR count). The maximum Gasteiger partial charge on any atom is 0.220 e. The lowest BCUT2D eigenvalue weighted by Crippen LogP contribution is -2.35. The molecule has 0 radical (unpaired) electrons. The van der Waals surface area contributed by atoms with Crippen molar-refractivity contribution in [3.8, 4) is 5.75 Å². The van der Waals surface area contributed by atoms with Crippen molar-refractivity contribution in [2.24, 2.45) is 0 Å². The molecule has 98 valence electrons. The molecule has 5 heteroatoms. The molecular weight excluding hydrogens is 296 g/mol. The van der Waals surface area contributed by atoms with Crippen LogP contribution in [0.1, 0.15) is 18.4 Å². The van der Waals surface area contributed by atoms with Crippen molar-refractivity contribution in [2.45, 2.75) is 25.4 Å². The molecule has 18 heavy (non-hydrogen) atoms. The SMILES string of the molecule is COc1ccc(CNCC2CCC(=O)N2)cc1Br. The Balaban J connectivity index is 1.79. The Kier molecular flexibility index (Phi) is 4.60. The summed E-state index contributed by atoms with van der Waals surface area (Å²) < 4.78 is 6.14. The highest BCUT2D eigenvalue weighted by molar-refractivity contribution is 9.10. The van der Waals surface area contributed by atoms with Gasteiger partial charge in [-0.1, -0.05) is 6.07 Å². The quantitative estimate of drug-likeness (QED) is 0.872. The molecule has 1 aliphatic rings. The van der Waals surface area contributed by atoms with E-state index < -0.39 is 0 Å². The summed E-state index contributed by atoms with van der Waals surface area (Å²) in [4.78, 5) is 11.0. The van der Waals surface area contributed by atoms with E-state index in [2.05, 4.69) is 26.6 Å². The third kappa shape index (κ3) is 3.46. The zero-order valence-corrected chi connectivity index (χ0v) is 11.9. The summed E-state index contributed by atoms with van der Waals surface area (Å²) in [7, 11) is 1.65. The van der Waals surface area contributed by atoms with Crippen molar-refractivity contribution in [3.63, 3.8) is 0 Å². The Morgan fingerprint density at radius 1 is 1.56 bits per heavy atom. The molecule has 2 N–H and O–H groups in total. The first kappa shape index (κ1) is 13.4. The minimum Gasteiger partial charge on any atom is -0.496 e. The van der Waals surface area contributed by atoms with Crippen LogP contribution in [0.25, 0.3) is 0 Å². The van der Waals surface area contributed by atoms with E-state index in [4.69, 9.17) is 4.74 Å². The van der Waals surface area contributed by atoms with Crippen molar-refractivity contribution in [2.75, 3.05) is 13.7 Å². The van der Waals surface area contributed by atoms with Crippen LogP contribution < -0.4 is 15.4 Å². The molecule has 1 heterocycles. The number of hydrogen-bond acceptors (Lipinski definition) is 3. The summed E-state index contributed by atoms with van der Waals surface area (Å²) in [6, 6.07) is 6.29. The molecular formula is C13H17BrN2O2. The zero-order valence-electron chi connectivity index (χ0n) is 10.3. The van der Waals surface area contributed by atoms with Gasteiger partial charge in [-0.15, -0.1) is 0 Å². The highest BCUT2D eigenvalue weighted by Crippen LogP contribution is 2.25. The number of benzene rings is 1. The van der Waals surface area contributed by atoms with Crippen LogP contribution >= 0.6 is 15.9 Å². The van der Waals surface area contributed by atoms with Crippen LogP contribution in [0.4, 0.5) is 0 Å². The highest BCUT2D eigenvalue weighted by atomic mass is 79.9. The number of halogens is 1. The van der Waals surface area contributed by atoms with Gasteiger partial charge in [-0.25, -0.2) is 0 Å². The minimum absolute atomic E-state index is 0.161. The van der Waals surface area contributed by atoms with Gasteiger partial charge in [0.25, 0.3) is 0 Å². The topological polar surface area (TPSA) is 50.4 Å². The van der Waals surface area contributed by atoms with Gasteiger partial charge in [0.15, 0.2) is 0 Å². The standard InChI is InChI=1S/C13H17BrN2O2/c1-18-12-4-2-9(6-11(12)14)7-15-8-10-3-5-13(17)16-10/h2,4,6,10,15H,3,5,7-8H2,1H3,(H,16,17). The van der Waals surface area contributed by atoms with Crippen molar-refractivity contribution in [3.05, 3.63) is 28.2 Å². The average Bonchev–Trinajstić information content (AvgIpc) is 2.75. The maximum absolute atomic E-state index is 11.0. The second-order valence-corrected chi connectivity index (χ2v) is 5.26. The molecule has 1 aromatic carbocycles. The van der Waals surface area contributed by atoms with Gasteiger partial charge in [0.1, 0.15) is 5.75 Å². The van der Waals surface area contributed by atoms with Gasteiger partial charge < -0.3 is 15.4 Å². The van der Waals surface area contributed by atoms with Crippen LogP contribution in [-0.2, 0) is 11.3 Å². The number of carbonyl (C=O) groups excluding carboxylic acids is 1. The van der Waals surface area contributed by atoms with E-state index in [1.54, 1.807) is 7.11 Å². The van der Waals surface area contributed by atoms with Gasteiger partial charge in [-0.05, 0) is 40.0 Å². The number of carbonyl (C=O) groups is 1. The summed E-state index contributed by atoms with van der Waals surface area (Å²) in [6.07, 6.45) is 1.58. The van der Waals surface area contributed by atoms with Crippen LogP contribution in [0.3, 0.4) is 0 Å². The first-order chi connectivity index (χ1) is 8.69. The van der Waals surface area contributed by atoms with Gasteiger partial charge in [0.05, 0.1) is 11.6 Å². The van der Waals surface area contributed by atoms with Gasteiger partial charge in [0, 0.05) is 25.6 Å². The Labute approximate surface area is 115 Å². The predicted molar refractivity (Wildman–Crippen MR) is 73.6 cm³/mol.